The predicted octanol–water partition coefficient (Wildman–Crippen LogP) is 2.26. The quantitative estimate of drug-likeness (QED) is 0.905. The average Bonchev–Trinajstić information content (AvgIpc) is 2.46. The molecule has 0 aliphatic carbocycles. The van der Waals surface area contributed by atoms with Gasteiger partial charge < -0.3 is 19.3 Å². The Morgan fingerprint density at radius 3 is 2.79 bits per heavy atom. The number of rotatable bonds is 4. The Kier molecular flexibility index (Phi) is 4.27. The Hall–Kier alpha value is -1.75. The molecule has 19 heavy (non-hydrogen) atoms. The fourth-order valence-electron chi connectivity index (χ4n) is 2.40. The van der Waals surface area contributed by atoms with E-state index in [4.69, 9.17) is 14.2 Å². The number of methoxy groups -OCH3 is 2. The maximum absolute atomic E-state index is 11.3. The van der Waals surface area contributed by atoms with Gasteiger partial charge in [-0.2, -0.15) is 0 Å². The Morgan fingerprint density at radius 1 is 1.37 bits per heavy atom. The first-order valence-electron chi connectivity index (χ1n) is 6.23. The zero-order valence-corrected chi connectivity index (χ0v) is 11.1. The monoisotopic (exact) mass is 266 g/mol. The molecular weight excluding hydrogens is 248 g/mol. The SMILES string of the molecule is COc1ccc(OC)c(C2OCCCC2C(=O)O)c1. The van der Waals surface area contributed by atoms with Gasteiger partial charge >= 0.3 is 5.97 Å². The molecule has 1 saturated heterocycles. The summed E-state index contributed by atoms with van der Waals surface area (Å²) < 4.78 is 16.1. The van der Waals surface area contributed by atoms with E-state index in [2.05, 4.69) is 0 Å². The molecule has 1 aromatic carbocycles. The summed E-state index contributed by atoms with van der Waals surface area (Å²) in [7, 11) is 3.13. The highest BCUT2D eigenvalue weighted by atomic mass is 16.5. The van der Waals surface area contributed by atoms with Crippen molar-refractivity contribution in [1.82, 2.24) is 0 Å². The van der Waals surface area contributed by atoms with Crippen LogP contribution >= 0.6 is 0 Å². The minimum atomic E-state index is -0.838. The van der Waals surface area contributed by atoms with E-state index in [9.17, 15) is 9.90 Å². The molecule has 0 bridgehead atoms. The molecule has 0 saturated carbocycles. The summed E-state index contributed by atoms with van der Waals surface area (Å²) in [6.45, 7) is 0.564. The number of carboxylic acids is 1. The fourth-order valence-corrected chi connectivity index (χ4v) is 2.40. The van der Waals surface area contributed by atoms with Gasteiger partial charge in [0.15, 0.2) is 0 Å². The second-order valence-electron chi connectivity index (χ2n) is 4.49. The largest absolute Gasteiger partial charge is 0.497 e. The number of aliphatic carboxylic acids is 1. The first-order chi connectivity index (χ1) is 9.17. The van der Waals surface area contributed by atoms with Gasteiger partial charge in [0.25, 0.3) is 0 Å². The van der Waals surface area contributed by atoms with Crippen LogP contribution in [0.1, 0.15) is 24.5 Å². The molecule has 1 aromatic rings. The molecule has 2 unspecified atom stereocenters. The highest BCUT2D eigenvalue weighted by Crippen LogP contribution is 2.39. The number of carbonyl (C=O) groups is 1. The van der Waals surface area contributed by atoms with E-state index in [1.807, 2.05) is 0 Å². The first-order valence-corrected chi connectivity index (χ1v) is 6.23. The number of hydrogen-bond donors (Lipinski definition) is 1. The molecular formula is C14H18O5. The highest BCUT2D eigenvalue weighted by Gasteiger charge is 2.34. The Bertz CT molecular complexity index is 457. The molecule has 1 N–H and O–H groups in total. The number of carboxylic acid groups (broad SMARTS) is 1. The molecule has 0 spiro atoms. The Balaban J connectivity index is 2.39. The molecule has 0 aromatic heterocycles. The van der Waals surface area contributed by atoms with E-state index in [-0.39, 0.29) is 0 Å². The maximum atomic E-state index is 11.3. The molecule has 1 aliphatic heterocycles. The van der Waals surface area contributed by atoms with Crippen molar-refractivity contribution < 1.29 is 24.1 Å². The maximum Gasteiger partial charge on any atom is 0.309 e. The standard InChI is InChI=1S/C14H18O5/c1-17-9-5-6-12(18-2)11(8-9)13-10(14(15)16)4-3-7-19-13/h5-6,8,10,13H,3-4,7H2,1-2H3,(H,15,16). The van der Waals surface area contributed by atoms with Gasteiger partial charge in [0.05, 0.1) is 26.2 Å². The zero-order valence-electron chi connectivity index (χ0n) is 11.1. The molecule has 2 rings (SSSR count). The summed E-state index contributed by atoms with van der Waals surface area (Å²) >= 11 is 0. The lowest BCUT2D eigenvalue weighted by Crippen LogP contribution is -2.29. The first kappa shape index (κ1) is 13.7. The van der Waals surface area contributed by atoms with Crippen LogP contribution in [0.15, 0.2) is 18.2 Å². The van der Waals surface area contributed by atoms with E-state index in [0.717, 1.165) is 12.0 Å². The topological polar surface area (TPSA) is 65.0 Å². The van der Waals surface area contributed by atoms with Crippen molar-refractivity contribution in [2.75, 3.05) is 20.8 Å². The van der Waals surface area contributed by atoms with Crippen LogP contribution in [0.25, 0.3) is 0 Å². The normalized spacial score (nSPS) is 22.8. The summed E-state index contributed by atoms with van der Waals surface area (Å²) in [6.07, 6.45) is 0.886. The summed E-state index contributed by atoms with van der Waals surface area (Å²) in [5.74, 6) is -0.0996. The van der Waals surface area contributed by atoms with Crippen molar-refractivity contribution in [2.45, 2.75) is 18.9 Å². The summed E-state index contributed by atoms with van der Waals surface area (Å²) in [4.78, 5) is 11.3. The molecule has 104 valence electrons. The van der Waals surface area contributed by atoms with Gasteiger partial charge in [0, 0.05) is 12.2 Å². The summed E-state index contributed by atoms with van der Waals surface area (Å²) in [6, 6.07) is 5.33. The van der Waals surface area contributed by atoms with Crippen LogP contribution in [0.2, 0.25) is 0 Å². The number of benzene rings is 1. The van der Waals surface area contributed by atoms with Gasteiger partial charge in [-0.05, 0) is 31.0 Å². The van der Waals surface area contributed by atoms with Gasteiger partial charge in [-0.15, -0.1) is 0 Å². The Morgan fingerprint density at radius 2 is 2.16 bits per heavy atom. The number of ether oxygens (including phenoxy) is 3. The molecule has 0 amide bonds. The van der Waals surface area contributed by atoms with E-state index >= 15 is 0 Å². The van der Waals surface area contributed by atoms with Crippen LogP contribution in [-0.2, 0) is 9.53 Å². The molecule has 0 radical (unpaired) electrons. The molecule has 1 fully saturated rings. The highest BCUT2D eigenvalue weighted by molar-refractivity contribution is 5.71. The van der Waals surface area contributed by atoms with Crippen LogP contribution in [0.3, 0.4) is 0 Å². The van der Waals surface area contributed by atoms with Crippen molar-refractivity contribution in [3.05, 3.63) is 23.8 Å². The molecule has 1 heterocycles. The van der Waals surface area contributed by atoms with E-state index < -0.39 is 18.0 Å². The third-order valence-electron chi connectivity index (χ3n) is 3.38. The van der Waals surface area contributed by atoms with Crippen LogP contribution in [0.5, 0.6) is 11.5 Å². The lowest BCUT2D eigenvalue weighted by Gasteiger charge is -2.30. The lowest BCUT2D eigenvalue weighted by atomic mass is 9.89. The van der Waals surface area contributed by atoms with Crippen LogP contribution < -0.4 is 9.47 Å². The molecule has 5 heteroatoms. The van der Waals surface area contributed by atoms with Crippen LogP contribution in [-0.4, -0.2) is 31.9 Å². The number of hydrogen-bond acceptors (Lipinski definition) is 4. The summed E-state index contributed by atoms with van der Waals surface area (Å²) in [5, 5.41) is 9.31. The fraction of sp³-hybridized carbons (Fsp3) is 0.500. The molecule has 1 aliphatic rings. The van der Waals surface area contributed by atoms with Crippen LogP contribution in [0.4, 0.5) is 0 Å². The third-order valence-corrected chi connectivity index (χ3v) is 3.38. The van der Waals surface area contributed by atoms with Gasteiger partial charge in [-0.3, -0.25) is 4.79 Å². The zero-order chi connectivity index (χ0) is 13.8. The lowest BCUT2D eigenvalue weighted by molar-refractivity contribution is -0.152. The predicted molar refractivity (Wildman–Crippen MR) is 68.6 cm³/mol. The van der Waals surface area contributed by atoms with Crippen molar-refractivity contribution in [3.8, 4) is 11.5 Å². The van der Waals surface area contributed by atoms with E-state index in [0.29, 0.717) is 24.5 Å². The van der Waals surface area contributed by atoms with E-state index in [1.54, 1.807) is 32.4 Å². The van der Waals surface area contributed by atoms with Crippen LogP contribution in [0, 0.1) is 5.92 Å². The van der Waals surface area contributed by atoms with Gasteiger partial charge in [-0.1, -0.05) is 0 Å². The van der Waals surface area contributed by atoms with Crippen molar-refractivity contribution in [2.24, 2.45) is 5.92 Å². The average molecular weight is 266 g/mol. The van der Waals surface area contributed by atoms with Gasteiger partial charge in [0.2, 0.25) is 0 Å². The second-order valence-corrected chi connectivity index (χ2v) is 4.49. The van der Waals surface area contributed by atoms with Gasteiger partial charge in [0.1, 0.15) is 11.5 Å². The molecule has 5 nitrogen and oxygen atoms in total. The van der Waals surface area contributed by atoms with E-state index in [1.165, 1.54) is 0 Å². The smallest absolute Gasteiger partial charge is 0.309 e. The molecule has 2 atom stereocenters. The van der Waals surface area contributed by atoms with Crippen molar-refractivity contribution in [1.29, 1.82) is 0 Å². The van der Waals surface area contributed by atoms with Crippen molar-refractivity contribution >= 4 is 5.97 Å². The summed E-state index contributed by atoms with van der Waals surface area (Å²) in [5.41, 5.74) is 0.731. The Labute approximate surface area is 112 Å². The minimum absolute atomic E-state index is 0.490. The second kappa shape index (κ2) is 5.93. The third kappa shape index (κ3) is 2.81. The minimum Gasteiger partial charge on any atom is -0.497 e. The van der Waals surface area contributed by atoms with Crippen molar-refractivity contribution in [3.63, 3.8) is 0 Å². The van der Waals surface area contributed by atoms with Gasteiger partial charge in [-0.25, -0.2) is 0 Å².